The second kappa shape index (κ2) is 12.0. The van der Waals surface area contributed by atoms with E-state index in [-0.39, 0.29) is 0 Å². The van der Waals surface area contributed by atoms with Gasteiger partial charge < -0.3 is 0 Å². The molecule has 2 heteroatoms. The molecular weight excluding hydrogens is 520 g/mol. The lowest BCUT2D eigenvalue weighted by molar-refractivity contribution is 1.03. The first-order valence-electron chi connectivity index (χ1n) is 14.8. The molecule has 0 aliphatic carbocycles. The summed E-state index contributed by atoms with van der Waals surface area (Å²) in [6.45, 7) is 12.7. The molecule has 2 nitrogen and oxygen atoms in total. The smallest absolute Gasteiger partial charge is 0.111 e. The number of hydrogen-bond acceptors (Lipinski definition) is 1. The highest BCUT2D eigenvalue weighted by Gasteiger charge is 2.18. The van der Waals surface area contributed by atoms with Gasteiger partial charge in [-0.3, -0.25) is 4.57 Å². The average Bonchev–Trinajstić information content (AvgIpc) is 3.37. The normalized spacial score (nSPS) is 12.0. The molecule has 0 spiro atoms. The second-order valence-electron chi connectivity index (χ2n) is 10.9. The van der Waals surface area contributed by atoms with Crippen LogP contribution in [0.1, 0.15) is 30.8 Å². The van der Waals surface area contributed by atoms with Crippen molar-refractivity contribution in [3.8, 4) is 33.4 Å². The highest BCUT2D eigenvalue weighted by Crippen LogP contribution is 2.42. The zero-order chi connectivity index (χ0) is 29.9. The van der Waals surface area contributed by atoms with Crippen LogP contribution in [0.5, 0.6) is 0 Å². The molecule has 0 atom stereocenters. The summed E-state index contributed by atoms with van der Waals surface area (Å²) in [6.07, 6.45) is 12.4. The fourth-order valence-corrected chi connectivity index (χ4v) is 6.17. The Balaban J connectivity index is 1.46. The molecule has 0 fully saturated rings. The van der Waals surface area contributed by atoms with Crippen LogP contribution < -0.4 is 0 Å². The number of fused-ring (bicyclic) bond motifs is 2. The van der Waals surface area contributed by atoms with Crippen molar-refractivity contribution < 1.29 is 0 Å². The van der Waals surface area contributed by atoms with Crippen LogP contribution >= 0.6 is 0 Å². The fourth-order valence-electron chi connectivity index (χ4n) is 6.17. The van der Waals surface area contributed by atoms with Crippen molar-refractivity contribution in [3.63, 3.8) is 0 Å². The molecule has 0 bridgehead atoms. The first kappa shape index (κ1) is 27.9. The van der Waals surface area contributed by atoms with E-state index in [1.807, 2.05) is 38.2 Å². The van der Waals surface area contributed by atoms with Gasteiger partial charge in [-0.15, -0.1) is 0 Å². The Hall–Kier alpha value is -5.21. The molecule has 0 radical (unpaired) electrons. The molecule has 210 valence electrons. The molecule has 6 aromatic rings. The predicted molar refractivity (Wildman–Crippen MR) is 187 cm³/mol. The predicted octanol–water partition coefficient (Wildman–Crippen LogP) is 11.4. The van der Waals surface area contributed by atoms with E-state index >= 15 is 0 Å². The van der Waals surface area contributed by atoms with Crippen molar-refractivity contribution in [2.75, 3.05) is 0 Å². The fraction of sp³-hybridized carbons (Fsp3) is 0.0976. The van der Waals surface area contributed by atoms with Crippen molar-refractivity contribution in [3.05, 3.63) is 151 Å². The largest absolute Gasteiger partial charge is 0.297 e. The van der Waals surface area contributed by atoms with Gasteiger partial charge in [0.25, 0.3) is 0 Å². The quantitative estimate of drug-likeness (QED) is 0.179. The van der Waals surface area contributed by atoms with Crippen LogP contribution in [0.25, 0.3) is 67.0 Å². The van der Waals surface area contributed by atoms with Gasteiger partial charge in [0.05, 0.1) is 11.0 Å². The molecule has 0 N–H and O–H groups in total. The molecule has 0 aliphatic heterocycles. The molecule has 0 aliphatic rings. The summed E-state index contributed by atoms with van der Waals surface area (Å²) in [5.41, 5.74) is 12.8. The van der Waals surface area contributed by atoms with Gasteiger partial charge in [-0.1, -0.05) is 122 Å². The third-order valence-electron chi connectivity index (χ3n) is 8.12. The third kappa shape index (κ3) is 5.17. The first-order valence-corrected chi connectivity index (χ1v) is 14.8. The molecule has 0 amide bonds. The summed E-state index contributed by atoms with van der Waals surface area (Å²) in [5, 5.41) is 2.54. The Labute approximate surface area is 254 Å². The highest BCUT2D eigenvalue weighted by atomic mass is 15.1. The molecule has 6 rings (SSSR count). The summed E-state index contributed by atoms with van der Waals surface area (Å²) >= 11 is 0. The maximum atomic E-state index is 4.79. The number of imidazole rings is 1. The van der Waals surface area contributed by atoms with Crippen LogP contribution in [-0.4, -0.2) is 9.55 Å². The molecule has 5 aromatic carbocycles. The SMILES string of the molecule is C=C(/C=C\C=C/C)n1c(C)nc2ccc(-c3ccc(-c4c(C)c(/C=C\C)c(-c5ccccc5)c5ccccc45)cc3)cc21. The lowest BCUT2D eigenvalue weighted by atomic mass is 9.83. The van der Waals surface area contributed by atoms with Crippen LogP contribution in [0.3, 0.4) is 0 Å². The zero-order valence-corrected chi connectivity index (χ0v) is 25.3. The first-order chi connectivity index (χ1) is 21.0. The average molecular weight is 557 g/mol. The van der Waals surface area contributed by atoms with Gasteiger partial charge in [0, 0.05) is 5.70 Å². The van der Waals surface area contributed by atoms with Gasteiger partial charge in [0.1, 0.15) is 5.82 Å². The minimum Gasteiger partial charge on any atom is -0.297 e. The van der Waals surface area contributed by atoms with E-state index in [2.05, 4.69) is 134 Å². The molecule has 0 saturated heterocycles. The van der Waals surface area contributed by atoms with Crippen molar-refractivity contribution in [2.45, 2.75) is 27.7 Å². The van der Waals surface area contributed by atoms with E-state index < -0.39 is 0 Å². The number of benzene rings is 5. The molecule has 1 heterocycles. The topological polar surface area (TPSA) is 17.8 Å². The maximum absolute atomic E-state index is 4.79. The van der Waals surface area contributed by atoms with E-state index in [9.17, 15) is 0 Å². The Morgan fingerprint density at radius 2 is 1.30 bits per heavy atom. The summed E-state index contributed by atoms with van der Waals surface area (Å²) in [5.74, 6) is 0.927. The Kier molecular flexibility index (Phi) is 7.77. The van der Waals surface area contributed by atoms with Gasteiger partial charge in [0.2, 0.25) is 0 Å². The lowest BCUT2D eigenvalue weighted by Crippen LogP contribution is -1.96. The van der Waals surface area contributed by atoms with Crippen LogP contribution in [-0.2, 0) is 0 Å². The van der Waals surface area contributed by atoms with Crippen molar-refractivity contribution >= 4 is 33.6 Å². The Bertz CT molecular complexity index is 2050. The monoisotopic (exact) mass is 556 g/mol. The number of hydrogen-bond donors (Lipinski definition) is 0. The van der Waals surface area contributed by atoms with Crippen LogP contribution in [0.15, 0.2) is 134 Å². The Morgan fingerprint density at radius 3 is 2.00 bits per heavy atom. The van der Waals surface area contributed by atoms with E-state index in [4.69, 9.17) is 4.98 Å². The van der Waals surface area contributed by atoms with Gasteiger partial charge in [-0.25, -0.2) is 4.98 Å². The van der Waals surface area contributed by atoms with Crippen LogP contribution in [0.2, 0.25) is 0 Å². The minimum absolute atomic E-state index is 0.892. The summed E-state index contributed by atoms with van der Waals surface area (Å²) in [4.78, 5) is 4.79. The summed E-state index contributed by atoms with van der Waals surface area (Å²) < 4.78 is 2.12. The van der Waals surface area contributed by atoms with Gasteiger partial charge in [-0.05, 0) is 101 Å². The third-order valence-corrected chi connectivity index (χ3v) is 8.12. The standard InChI is InChI=1S/C41H36N2/c1-6-8-10-16-28(3)43-30(5)42-38-26-25-34(27-39(38)43)31-21-23-33(24-22-31)40-29(4)35(15-7-2)41(32-17-11-9-12-18-32)37-20-14-13-19-36(37)40/h6-27H,3H2,1-2,4-5H3/b8-6-,15-7-,16-10-. The van der Waals surface area contributed by atoms with E-state index in [1.54, 1.807) is 0 Å². The number of nitrogens with zero attached hydrogens (tertiary/aromatic N) is 2. The molecule has 43 heavy (non-hydrogen) atoms. The summed E-state index contributed by atoms with van der Waals surface area (Å²) in [6, 6.07) is 35.0. The molecule has 1 aromatic heterocycles. The van der Waals surface area contributed by atoms with E-state index in [1.165, 1.54) is 49.7 Å². The second-order valence-corrected chi connectivity index (χ2v) is 10.9. The highest BCUT2D eigenvalue weighted by molar-refractivity contribution is 6.09. The van der Waals surface area contributed by atoms with Crippen molar-refractivity contribution in [1.29, 1.82) is 0 Å². The molecule has 0 saturated carbocycles. The minimum atomic E-state index is 0.892. The molecule has 0 unspecified atom stereocenters. The number of aryl methyl sites for hydroxylation is 1. The zero-order valence-electron chi connectivity index (χ0n) is 25.3. The maximum Gasteiger partial charge on any atom is 0.111 e. The number of aromatic nitrogens is 2. The van der Waals surface area contributed by atoms with Crippen LogP contribution in [0.4, 0.5) is 0 Å². The molecular formula is C41H36N2. The van der Waals surface area contributed by atoms with Crippen molar-refractivity contribution in [1.82, 2.24) is 9.55 Å². The van der Waals surface area contributed by atoms with Gasteiger partial charge in [0.15, 0.2) is 0 Å². The van der Waals surface area contributed by atoms with Gasteiger partial charge >= 0.3 is 0 Å². The number of rotatable bonds is 7. The Morgan fingerprint density at radius 1 is 0.674 bits per heavy atom. The number of allylic oxidation sites excluding steroid dienone is 6. The summed E-state index contributed by atoms with van der Waals surface area (Å²) in [7, 11) is 0. The van der Waals surface area contributed by atoms with Crippen molar-refractivity contribution in [2.24, 2.45) is 0 Å². The van der Waals surface area contributed by atoms with Crippen LogP contribution in [0, 0.1) is 13.8 Å². The van der Waals surface area contributed by atoms with E-state index in [0.717, 1.165) is 28.1 Å². The van der Waals surface area contributed by atoms with Gasteiger partial charge in [-0.2, -0.15) is 0 Å². The van der Waals surface area contributed by atoms with E-state index in [0.29, 0.717) is 0 Å². The lowest BCUT2D eigenvalue weighted by Gasteiger charge is -2.20.